The monoisotopic (exact) mass is 347 g/mol. The van der Waals surface area contributed by atoms with Gasteiger partial charge < -0.3 is 4.74 Å². The van der Waals surface area contributed by atoms with Crippen LogP contribution in [0.3, 0.4) is 0 Å². The first-order valence-corrected chi connectivity index (χ1v) is 9.01. The number of rotatable bonds is 5. The van der Waals surface area contributed by atoms with Crippen LogP contribution in [0.5, 0.6) is 0 Å². The number of aryl methyl sites for hydroxylation is 2. The Kier molecular flexibility index (Phi) is 5.41. The van der Waals surface area contributed by atoms with Crippen molar-refractivity contribution in [1.82, 2.24) is 4.72 Å². The van der Waals surface area contributed by atoms with Gasteiger partial charge in [0.25, 0.3) is 0 Å². The van der Waals surface area contributed by atoms with Crippen LogP contribution in [-0.4, -0.2) is 21.5 Å². The number of hydrogen-bond acceptors (Lipinski definition) is 4. The molecule has 0 amide bonds. The Hall–Kier alpha value is -2.18. The van der Waals surface area contributed by atoms with Crippen molar-refractivity contribution in [2.45, 2.75) is 31.7 Å². The standard InChI is InChI=1S/C18H21NO4S/c1-12-5-8-15(9-6-12)14(3)19-24(21,22)16-10-7-13(2)17(11-16)18(20)23-4/h5-11,14,19H,1-4H3/t14-/m0/s1. The summed E-state index contributed by atoms with van der Waals surface area (Å²) in [5.41, 5.74) is 2.87. The smallest absolute Gasteiger partial charge is 0.338 e. The average Bonchev–Trinajstić information content (AvgIpc) is 2.54. The highest BCUT2D eigenvalue weighted by atomic mass is 32.2. The van der Waals surface area contributed by atoms with Crippen LogP contribution in [0.1, 0.15) is 40.0 Å². The van der Waals surface area contributed by atoms with Crippen LogP contribution < -0.4 is 4.72 Å². The van der Waals surface area contributed by atoms with Gasteiger partial charge in [-0.2, -0.15) is 0 Å². The Labute approximate surface area is 142 Å². The molecule has 6 heteroatoms. The normalized spacial score (nSPS) is 12.7. The molecule has 0 aliphatic rings. The molecular formula is C18H21NO4S. The number of ether oxygens (including phenoxy) is 1. The zero-order chi connectivity index (χ0) is 17.9. The molecule has 0 spiro atoms. The third kappa shape index (κ3) is 4.01. The van der Waals surface area contributed by atoms with E-state index in [9.17, 15) is 13.2 Å². The number of methoxy groups -OCH3 is 1. The zero-order valence-corrected chi connectivity index (χ0v) is 15.0. The zero-order valence-electron chi connectivity index (χ0n) is 14.2. The van der Waals surface area contributed by atoms with Gasteiger partial charge in [0.1, 0.15) is 0 Å². The number of benzene rings is 2. The van der Waals surface area contributed by atoms with E-state index < -0.39 is 22.0 Å². The molecule has 5 nitrogen and oxygen atoms in total. The van der Waals surface area contributed by atoms with Gasteiger partial charge in [-0.15, -0.1) is 0 Å². The van der Waals surface area contributed by atoms with Gasteiger partial charge in [0, 0.05) is 6.04 Å². The summed E-state index contributed by atoms with van der Waals surface area (Å²) in [7, 11) is -2.49. The van der Waals surface area contributed by atoms with Crippen molar-refractivity contribution in [1.29, 1.82) is 0 Å². The second-order valence-electron chi connectivity index (χ2n) is 5.72. The summed E-state index contributed by atoms with van der Waals surface area (Å²) < 4.78 is 32.5. The van der Waals surface area contributed by atoms with E-state index in [1.54, 1.807) is 19.9 Å². The van der Waals surface area contributed by atoms with Gasteiger partial charge in [0.2, 0.25) is 10.0 Å². The topological polar surface area (TPSA) is 72.5 Å². The van der Waals surface area contributed by atoms with Crippen molar-refractivity contribution in [2.24, 2.45) is 0 Å². The van der Waals surface area contributed by atoms with Gasteiger partial charge in [-0.25, -0.2) is 17.9 Å². The predicted octanol–water partition coefficient (Wildman–Crippen LogP) is 3.13. The minimum Gasteiger partial charge on any atom is -0.465 e. The van der Waals surface area contributed by atoms with E-state index in [2.05, 4.69) is 4.72 Å². The van der Waals surface area contributed by atoms with Crippen molar-refractivity contribution in [3.8, 4) is 0 Å². The Morgan fingerprint density at radius 2 is 1.71 bits per heavy atom. The molecule has 0 aliphatic carbocycles. The Morgan fingerprint density at radius 1 is 1.08 bits per heavy atom. The summed E-state index contributed by atoms with van der Waals surface area (Å²) >= 11 is 0. The SMILES string of the molecule is COC(=O)c1cc(S(=O)(=O)N[C@@H](C)c2ccc(C)cc2)ccc1C. The molecule has 0 heterocycles. The largest absolute Gasteiger partial charge is 0.465 e. The predicted molar refractivity (Wildman–Crippen MR) is 92.4 cm³/mol. The molecule has 0 fully saturated rings. The number of carbonyl (C=O) groups excluding carboxylic acids is 1. The molecule has 0 bridgehead atoms. The van der Waals surface area contributed by atoms with Crippen LogP contribution in [0.25, 0.3) is 0 Å². The molecule has 0 saturated carbocycles. The van der Waals surface area contributed by atoms with E-state index in [1.807, 2.05) is 31.2 Å². The molecule has 128 valence electrons. The summed E-state index contributed by atoms with van der Waals surface area (Å²) in [5.74, 6) is -0.559. The molecule has 24 heavy (non-hydrogen) atoms. The molecule has 0 unspecified atom stereocenters. The second-order valence-corrected chi connectivity index (χ2v) is 7.44. The van der Waals surface area contributed by atoms with E-state index in [-0.39, 0.29) is 10.5 Å². The first-order valence-electron chi connectivity index (χ1n) is 7.52. The van der Waals surface area contributed by atoms with Crippen molar-refractivity contribution in [3.05, 3.63) is 64.7 Å². The summed E-state index contributed by atoms with van der Waals surface area (Å²) in [6.45, 7) is 5.47. The number of carbonyl (C=O) groups is 1. The summed E-state index contributed by atoms with van der Waals surface area (Å²) in [4.78, 5) is 11.8. The van der Waals surface area contributed by atoms with Crippen LogP contribution in [0.15, 0.2) is 47.4 Å². The van der Waals surface area contributed by atoms with E-state index >= 15 is 0 Å². The fraction of sp³-hybridized carbons (Fsp3) is 0.278. The van der Waals surface area contributed by atoms with E-state index in [0.717, 1.165) is 11.1 Å². The van der Waals surface area contributed by atoms with Gasteiger partial charge in [-0.1, -0.05) is 35.9 Å². The van der Waals surface area contributed by atoms with Gasteiger partial charge in [0.15, 0.2) is 0 Å². The van der Waals surface area contributed by atoms with Crippen LogP contribution in [0.2, 0.25) is 0 Å². The van der Waals surface area contributed by atoms with Gasteiger partial charge >= 0.3 is 5.97 Å². The lowest BCUT2D eigenvalue weighted by molar-refractivity contribution is 0.0599. The number of esters is 1. The van der Waals surface area contributed by atoms with Gasteiger partial charge in [-0.05, 0) is 44.0 Å². The first kappa shape index (κ1) is 18.2. The molecule has 1 N–H and O–H groups in total. The number of hydrogen-bond donors (Lipinski definition) is 1. The number of sulfonamides is 1. The van der Waals surface area contributed by atoms with E-state index in [1.165, 1.54) is 19.2 Å². The minimum absolute atomic E-state index is 0.0347. The maximum absolute atomic E-state index is 12.6. The Morgan fingerprint density at radius 3 is 2.29 bits per heavy atom. The van der Waals surface area contributed by atoms with E-state index in [0.29, 0.717) is 5.56 Å². The first-order chi connectivity index (χ1) is 11.2. The Balaban J connectivity index is 2.30. The highest BCUT2D eigenvalue weighted by molar-refractivity contribution is 7.89. The van der Waals surface area contributed by atoms with Crippen LogP contribution in [0.4, 0.5) is 0 Å². The van der Waals surface area contributed by atoms with Crippen molar-refractivity contribution in [3.63, 3.8) is 0 Å². The summed E-state index contributed by atoms with van der Waals surface area (Å²) in [6, 6.07) is 11.7. The fourth-order valence-corrected chi connectivity index (χ4v) is 3.58. The maximum Gasteiger partial charge on any atom is 0.338 e. The van der Waals surface area contributed by atoms with Crippen LogP contribution in [-0.2, 0) is 14.8 Å². The summed E-state index contributed by atoms with van der Waals surface area (Å²) in [6.07, 6.45) is 0. The summed E-state index contributed by atoms with van der Waals surface area (Å²) in [5, 5.41) is 0. The molecule has 0 aromatic heterocycles. The maximum atomic E-state index is 12.6. The highest BCUT2D eigenvalue weighted by Crippen LogP contribution is 2.20. The van der Waals surface area contributed by atoms with Crippen LogP contribution in [0, 0.1) is 13.8 Å². The van der Waals surface area contributed by atoms with Gasteiger partial charge in [0.05, 0.1) is 17.6 Å². The van der Waals surface area contributed by atoms with Gasteiger partial charge in [-0.3, -0.25) is 0 Å². The minimum atomic E-state index is -3.76. The molecule has 2 aromatic carbocycles. The molecule has 0 radical (unpaired) electrons. The van der Waals surface area contributed by atoms with Crippen molar-refractivity contribution >= 4 is 16.0 Å². The third-order valence-electron chi connectivity index (χ3n) is 3.83. The lowest BCUT2D eigenvalue weighted by Crippen LogP contribution is -2.27. The lowest BCUT2D eigenvalue weighted by Gasteiger charge is -2.16. The van der Waals surface area contributed by atoms with Crippen LogP contribution >= 0.6 is 0 Å². The molecular weight excluding hydrogens is 326 g/mol. The molecule has 2 rings (SSSR count). The average molecular weight is 347 g/mol. The molecule has 1 atom stereocenters. The highest BCUT2D eigenvalue weighted by Gasteiger charge is 2.21. The fourth-order valence-electron chi connectivity index (χ4n) is 2.32. The Bertz CT molecular complexity index is 842. The molecule has 0 aliphatic heterocycles. The van der Waals surface area contributed by atoms with Crippen molar-refractivity contribution in [2.75, 3.05) is 7.11 Å². The van der Waals surface area contributed by atoms with Crippen molar-refractivity contribution < 1.29 is 17.9 Å². The molecule has 0 saturated heterocycles. The third-order valence-corrected chi connectivity index (χ3v) is 5.37. The number of nitrogens with one attached hydrogen (secondary N) is 1. The van der Waals surface area contributed by atoms with E-state index in [4.69, 9.17) is 4.74 Å². The molecule has 2 aromatic rings. The second kappa shape index (κ2) is 7.15. The lowest BCUT2D eigenvalue weighted by atomic mass is 10.1. The quantitative estimate of drug-likeness (QED) is 0.844.